The van der Waals surface area contributed by atoms with Crippen LogP contribution in [-0.2, 0) is 6.54 Å². The Morgan fingerprint density at radius 1 is 1.38 bits per heavy atom. The van der Waals surface area contributed by atoms with Crippen molar-refractivity contribution in [2.24, 2.45) is 0 Å². The van der Waals surface area contributed by atoms with Crippen molar-refractivity contribution in [2.75, 3.05) is 20.1 Å². The van der Waals surface area contributed by atoms with Gasteiger partial charge < -0.3 is 19.7 Å². The van der Waals surface area contributed by atoms with Gasteiger partial charge in [-0.05, 0) is 56.7 Å². The van der Waals surface area contributed by atoms with Gasteiger partial charge in [0.1, 0.15) is 5.58 Å². The third kappa shape index (κ3) is 3.25. The molecule has 112 valence electrons. The number of rotatable bonds is 4. The molecule has 5 nitrogen and oxygen atoms in total. The van der Waals surface area contributed by atoms with Crippen molar-refractivity contribution in [3.63, 3.8) is 0 Å². The molecule has 0 saturated carbocycles. The second kappa shape index (κ2) is 5.87. The number of furan rings is 1. The second-order valence-electron chi connectivity index (χ2n) is 5.75. The van der Waals surface area contributed by atoms with Crippen LogP contribution < -0.4 is 5.32 Å². The van der Waals surface area contributed by atoms with E-state index in [1.54, 1.807) is 6.07 Å². The van der Waals surface area contributed by atoms with Gasteiger partial charge in [-0.15, -0.1) is 0 Å². The molecule has 1 aliphatic heterocycles. The van der Waals surface area contributed by atoms with E-state index in [2.05, 4.69) is 17.3 Å². The lowest BCUT2D eigenvalue weighted by atomic mass is 10.0. The topological polar surface area (TPSA) is 65.7 Å². The normalized spacial score (nSPS) is 17.4. The number of likely N-dealkylation sites (tertiary alicyclic amines) is 1. The molecule has 21 heavy (non-hydrogen) atoms. The van der Waals surface area contributed by atoms with E-state index in [0.29, 0.717) is 11.6 Å². The largest absolute Gasteiger partial charge is 0.475 e. The first-order valence-corrected chi connectivity index (χ1v) is 7.29. The number of aromatic carboxylic acids is 1. The molecule has 0 spiro atoms. The zero-order valence-corrected chi connectivity index (χ0v) is 12.1. The molecule has 3 rings (SSSR count). The average molecular weight is 288 g/mol. The maximum Gasteiger partial charge on any atom is 0.371 e. The lowest BCUT2D eigenvalue weighted by Gasteiger charge is -2.29. The highest BCUT2D eigenvalue weighted by Crippen LogP contribution is 2.21. The number of nitrogens with zero attached hydrogens (tertiary/aromatic N) is 1. The fraction of sp³-hybridized carbons (Fsp3) is 0.438. The predicted molar refractivity (Wildman–Crippen MR) is 80.5 cm³/mol. The summed E-state index contributed by atoms with van der Waals surface area (Å²) < 4.78 is 5.27. The molecule has 2 aromatic rings. The highest BCUT2D eigenvalue weighted by atomic mass is 16.4. The van der Waals surface area contributed by atoms with Gasteiger partial charge in [0.05, 0.1) is 0 Å². The summed E-state index contributed by atoms with van der Waals surface area (Å²) in [5, 5.41) is 13.4. The minimum atomic E-state index is -1.03. The summed E-state index contributed by atoms with van der Waals surface area (Å²) in [5.74, 6) is -1.04. The highest BCUT2D eigenvalue weighted by molar-refractivity contribution is 5.91. The first-order chi connectivity index (χ1) is 10.1. The molecule has 0 radical (unpaired) electrons. The van der Waals surface area contributed by atoms with E-state index < -0.39 is 5.97 Å². The molecule has 0 amide bonds. The minimum absolute atomic E-state index is 0.00886. The van der Waals surface area contributed by atoms with E-state index >= 15 is 0 Å². The molecular weight excluding hydrogens is 268 g/mol. The average Bonchev–Trinajstić information content (AvgIpc) is 2.90. The number of piperidine rings is 1. The molecule has 0 bridgehead atoms. The first-order valence-electron chi connectivity index (χ1n) is 7.29. The molecule has 1 saturated heterocycles. The Bertz CT molecular complexity index is 642. The molecule has 1 aromatic carbocycles. The number of benzene rings is 1. The Morgan fingerprint density at radius 3 is 2.86 bits per heavy atom. The van der Waals surface area contributed by atoms with Gasteiger partial charge >= 0.3 is 5.97 Å². The number of hydrogen-bond acceptors (Lipinski definition) is 4. The number of carboxylic acids is 1. The lowest BCUT2D eigenvalue weighted by Crippen LogP contribution is -2.40. The molecule has 1 aliphatic rings. The van der Waals surface area contributed by atoms with Crippen LogP contribution in [-0.4, -0.2) is 42.2 Å². The van der Waals surface area contributed by atoms with E-state index in [-0.39, 0.29) is 5.76 Å². The lowest BCUT2D eigenvalue weighted by molar-refractivity contribution is 0.0665. The van der Waals surface area contributed by atoms with Crippen molar-refractivity contribution in [1.29, 1.82) is 0 Å². The van der Waals surface area contributed by atoms with Gasteiger partial charge in [-0.1, -0.05) is 6.07 Å². The molecule has 1 fully saturated rings. The Labute approximate surface area is 123 Å². The summed E-state index contributed by atoms with van der Waals surface area (Å²) in [5.41, 5.74) is 1.77. The van der Waals surface area contributed by atoms with Crippen LogP contribution in [0.3, 0.4) is 0 Å². The standard InChI is InChI=1S/C16H20N2O3/c1-18-6-4-13(5-7-18)17-10-11-2-3-14-12(8-11)9-15(21-14)16(19)20/h2-3,8-9,13,17H,4-7,10H2,1H3,(H,19,20). The van der Waals surface area contributed by atoms with E-state index in [0.717, 1.165) is 30.6 Å². The van der Waals surface area contributed by atoms with Gasteiger partial charge in [0.25, 0.3) is 0 Å². The molecule has 1 aromatic heterocycles. The molecular formula is C16H20N2O3. The maximum absolute atomic E-state index is 10.9. The second-order valence-corrected chi connectivity index (χ2v) is 5.75. The summed E-state index contributed by atoms with van der Waals surface area (Å²) in [4.78, 5) is 13.3. The summed E-state index contributed by atoms with van der Waals surface area (Å²) >= 11 is 0. The Morgan fingerprint density at radius 2 is 2.14 bits per heavy atom. The Balaban J connectivity index is 1.65. The predicted octanol–water partition coefficient (Wildman–Crippen LogP) is 2.31. The summed E-state index contributed by atoms with van der Waals surface area (Å²) in [6.45, 7) is 3.08. The van der Waals surface area contributed by atoms with Crippen LogP contribution in [0.2, 0.25) is 0 Å². The molecule has 0 aliphatic carbocycles. The Hall–Kier alpha value is -1.85. The van der Waals surface area contributed by atoms with Gasteiger partial charge in [0.2, 0.25) is 5.76 Å². The molecule has 0 atom stereocenters. The highest BCUT2D eigenvalue weighted by Gasteiger charge is 2.16. The van der Waals surface area contributed by atoms with Crippen molar-refractivity contribution in [2.45, 2.75) is 25.4 Å². The van der Waals surface area contributed by atoms with Crippen molar-refractivity contribution < 1.29 is 14.3 Å². The first kappa shape index (κ1) is 14.1. The van der Waals surface area contributed by atoms with Gasteiger partial charge in [-0.2, -0.15) is 0 Å². The van der Waals surface area contributed by atoms with E-state index in [9.17, 15) is 4.79 Å². The fourth-order valence-corrected chi connectivity index (χ4v) is 2.78. The minimum Gasteiger partial charge on any atom is -0.475 e. The van der Waals surface area contributed by atoms with Crippen LogP contribution in [0.1, 0.15) is 29.0 Å². The third-order valence-electron chi connectivity index (χ3n) is 4.10. The number of carboxylic acid groups (broad SMARTS) is 1. The summed E-state index contributed by atoms with van der Waals surface area (Å²) in [7, 11) is 2.16. The third-order valence-corrected chi connectivity index (χ3v) is 4.10. The van der Waals surface area contributed by atoms with Crippen LogP contribution in [0.15, 0.2) is 28.7 Å². The van der Waals surface area contributed by atoms with Crippen molar-refractivity contribution >= 4 is 16.9 Å². The smallest absolute Gasteiger partial charge is 0.371 e. The van der Waals surface area contributed by atoms with E-state index in [1.165, 1.54) is 12.8 Å². The maximum atomic E-state index is 10.9. The van der Waals surface area contributed by atoms with Crippen LogP contribution in [0, 0.1) is 0 Å². The molecule has 5 heteroatoms. The SMILES string of the molecule is CN1CCC(NCc2ccc3oc(C(=O)O)cc3c2)CC1. The zero-order chi connectivity index (χ0) is 14.8. The molecule has 2 heterocycles. The van der Waals surface area contributed by atoms with Crippen LogP contribution in [0.4, 0.5) is 0 Å². The molecule has 0 unspecified atom stereocenters. The quantitative estimate of drug-likeness (QED) is 0.904. The van der Waals surface area contributed by atoms with Gasteiger partial charge in [-0.3, -0.25) is 0 Å². The van der Waals surface area contributed by atoms with Crippen molar-refractivity contribution in [3.8, 4) is 0 Å². The number of nitrogens with one attached hydrogen (secondary N) is 1. The summed E-state index contributed by atoms with van der Waals surface area (Å²) in [6.07, 6.45) is 2.35. The van der Waals surface area contributed by atoms with Gasteiger partial charge in [-0.25, -0.2) is 4.79 Å². The van der Waals surface area contributed by atoms with Crippen molar-refractivity contribution in [1.82, 2.24) is 10.2 Å². The Kier molecular flexibility index (Phi) is 3.94. The van der Waals surface area contributed by atoms with Gasteiger partial charge in [0.15, 0.2) is 0 Å². The monoisotopic (exact) mass is 288 g/mol. The van der Waals surface area contributed by atoms with Crippen LogP contribution in [0.25, 0.3) is 11.0 Å². The summed E-state index contributed by atoms with van der Waals surface area (Å²) in [6, 6.07) is 7.97. The number of fused-ring (bicyclic) bond motifs is 1. The van der Waals surface area contributed by atoms with Crippen LogP contribution >= 0.6 is 0 Å². The van der Waals surface area contributed by atoms with E-state index in [4.69, 9.17) is 9.52 Å². The fourth-order valence-electron chi connectivity index (χ4n) is 2.78. The van der Waals surface area contributed by atoms with E-state index in [1.807, 2.05) is 18.2 Å². The van der Waals surface area contributed by atoms with Gasteiger partial charge in [0, 0.05) is 18.0 Å². The van der Waals surface area contributed by atoms with Crippen LogP contribution in [0.5, 0.6) is 0 Å². The zero-order valence-electron chi connectivity index (χ0n) is 12.1. The molecule has 2 N–H and O–H groups in total. The number of carbonyl (C=O) groups is 1. The number of hydrogen-bond donors (Lipinski definition) is 2. The van der Waals surface area contributed by atoms with Crippen molar-refractivity contribution in [3.05, 3.63) is 35.6 Å².